The molecule has 0 fully saturated rings. The molecule has 0 radical (unpaired) electrons. The van der Waals surface area contributed by atoms with Crippen molar-refractivity contribution in [3.63, 3.8) is 0 Å². The first-order valence-corrected chi connectivity index (χ1v) is 7.20. The lowest BCUT2D eigenvalue weighted by atomic mass is 9.99. The van der Waals surface area contributed by atoms with E-state index in [1.54, 1.807) is 0 Å². The summed E-state index contributed by atoms with van der Waals surface area (Å²) in [4.78, 5) is 6.94. The fourth-order valence-electron chi connectivity index (χ4n) is 1.92. The highest BCUT2D eigenvalue weighted by atomic mass is 15.2. The minimum Gasteiger partial charge on any atom is -0.354 e. The largest absolute Gasteiger partial charge is 0.354 e. The molecule has 3 nitrogen and oxygen atoms in total. The molecule has 3 heteroatoms. The Bertz CT molecular complexity index is 410. The number of pyridine rings is 1. The third-order valence-electron chi connectivity index (χ3n) is 3.91. The average Bonchev–Trinajstić information content (AvgIpc) is 2.35. The van der Waals surface area contributed by atoms with Crippen LogP contribution >= 0.6 is 0 Å². The second kappa shape index (κ2) is 6.38. The minimum atomic E-state index is 0.134. The van der Waals surface area contributed by atoms with Crippen LogP contribution < -0.4 is 10.2 Å². The maximum atomic E-state index is 4.66. The molecule has 0 aliphatic heterocycles. The monoisotopic (exact) mass is 263 g/mol. The predicted molar refractivity (Wildman–Crippen MR) is 83.7 cm³/mol. The van der Waals surface area contributed by atoms with Crippen molar-refractivity contribution < 1.29 is 0 Å². The maximum absolute atomic E-state index is 4.66. The van der Waals surface area contributed by atoms with Gasteiger partial charge in [0.05, 0.1) is 0 Å². The van der Waals surface area contributed by atoms with E-state index in [4.69, 9.17) is 0 Å². The quantitative estimate of drug-likeness (QED) is 0.851. The molecule has 0 unspecified atom stereocenters. The lowest BCUT2D eigenvalue weighted by Crippen LogP contribution is -2.41. The van der Waals surface area contributed by atoms with Gasteiger partial charge in [-0.15, -0.1) is 0 Å². The first-order valence-electron chi connectivity index (χ1n) is 7.20. The van der Waals surface area contributed by atoms with Gasteiger partial charge < -0.3 is 10.2 Å². The van der Waals surface area contributed by atoms with Crippen molar-refractivity contribution in [2.45, 2.75) is 66.1 Å². The number of nitrogens with zero attached hydrogens (tertiary/aromatic N) is 2. The van der Waals surface area contributed by atoms with E-state index in [0.29, 0.717) is 6.04 Å². The Balaban J connectivity index is 2.88. The van der Waals surface area contributed by atoms with Crippen LogP contribution in [0.5, 0.6) is 0 Å². The van der Waals surface area contributed by atoms with Gasteiger partial charge in [-0.05, 0) is 44.4 Å². The molecule has 19 heavy (non-hydrogen) atoms. The molecule has 1 aromatic heterocycles. The summed E-state index contributed by atoms with van der Waals surface area (Å²) in [6.07, 6.45) is 3.08. The number of rotatable bonds is 6. The number of aryl methyl sites for hydroxylation is 1. The van der Waals surface area contributed by atoms with Gasteiger partial charge in [-0.2, -0.15) is 0 Å². The Morgan fingerprint density at radius 1 is 1.37 bits per heavy atom. The number of hydrogen-bond donors (Lipinski definition) is 1. The molecule has 1 rings (SSSR count). The van der Waals surface area contributed by atoms with Crippen LogP contribution in [-0.2, 0) is 6.54 Å². The van der Waals surface area contributed by atoms with E-state index in [-0.39, 0.29) is 5.54 Å². The van der Waals surface area contributed by atoms with Crippen LogP contribution in [0.2, 0.25) is 0 Å². The Morgan fingerprint density at radius 2 is 2.00 bits per heavy atom. The standard InChI is InChI=1S/C16H29N3/c1-8-16(5,6)19(7)15-13(4)9-14(11-18-15)10-17-12(2)3/h9,11-12,17H,8,10H2,1-7H3. The molecule has 0 spiro atoms. The third-order valence-corrected chi connectivity index (χ3v) is 3.91. The van der Waals surface area contributed by atoms with Crippen LogP contribution in [0.4, 0.5) is 5.82 Å². The molecule has 0 aromatic carbocycles. The third kappa shape index (κ3) is 4.20. The lowest BCUT2D eigenvalue weighted by Gasteiger charge is -2.36. The Morgan fingerprint density at radius 3 is 2.47 bits per heavy atom. The molecular weight excluding hydrogens is 234 g/mol. The molecule has 0 atom stereocenters. The lowest BCUT2D eigenvalue weighted by molar-refractivity contribution is 0.466. The van der Waals surface area contributed by atoms with Gasteiger partial charge in [0, 0.05) is 31.4 Å². The number of aromatic nitrogens is 1. The van der Waals surface area contributed by atoms with E-state index in [0.717, 1.165) is 18.8 Å². The maximum Gasteiger partial charge on any atom is 0.131 e. The summed E-state index contributed by atoms with van der Waals surface area (Å²) in [5.41, 5.74) is 2.62. The van der Waals surface area contributed by atoms with Crippen LogP contribution in [0.15, 0.2) is 12.3 Å². The van der Waals surface area contributed by atoms with E-state index >= 15 is 0 Å². The zero-order valence-electron chi connectivity index (χ0n) is 13.5. The van der Waals surface area contributed by atoms with Gasteiger partial charge in [0.25, 0.3) is 0 Å². The van der Waals surface area contributed by atoms with Crippen molar-refractivity contribution >= 4 is 5.82 Å². The average molecular weight is 263 g/mol. The summed E-state index contributed by atoms with van der Waals surface area (Å²) in [5.74, 6) is 1.08. The molecule has 0 saturated carbocycles. The molecule has 1 heterocycles. The summed E-state index contributed by atoms with van der Waals surface area (Å²) in [6, 6.07) is 2.74. The SMILES string of the molecule is CCC(C)(C)N(C)c1ncc(CNC(C)C)cc1C. The Kier molecular flexibility index (Phi) is 5.36. The van der Waals surface area contributed by atoms with Gasteiger partial charge in [-0.1, -0.05) is 20.8 Å². The van der Waals surface area contributed by atoms with Gasteiger partial charge in [-0.3, -0.25) is 0 Å². The Labute approximate surface area is 118 Å². The smallest absolute Gasteiger partial charge is 0.131 e. The van der Waals surface area contributed by atoms with Crippen molar-refractivity contribution in [1.29, 1.82) is 0 Å². The highest BCUT2D eigenvalue weighted by Crippen LogP contribution is 2.26. The zero-order valence-corrected chi connectivity index (χ0v) is 13.5. The van der Waals surface area contributed by atoms with Crippen molar-refractivity contribution in [1.82, 2.24) is 10.3 Å². The fraction of sp³-hybridized carbons (Fsp3) is 0.688. The minimum absolute atomic E-state index is 0.134. The molecule has 0 aliphatic carbocycles. The van der Waals surface area contributed by atoms with E-state index in [1.165, 1.54) is 11.1 Å². The number of anilines is 1. The van der Waals surface area contributed by atoms with Gasteiger partial charge >= 0.3 is 0 Å². The molecule has 0 saturated heterocycles. The van der Waals surface area contributed by atoms with Gasteiger partial charge in [0.2, 0.25) is 0 Å². The normalized spacial score (nSPS) is 12.0. The molecular formula is C16H29N3. The van der Waals surface area contributed by atoms with Crippen molar-refractivity contribution in [3.8, 4) is 0 Å². The van der Waals surface area contributed by atoms with Crippen molar-refractivity contribution in [2.24, 2.45) is 0 Å². The van der Waals surface area contributed by atoms with Crippen LogP contribution in [0.3, 0.4) is 0 Å². The van der Waals surface area contributed by atoms with Gasteiger partial charge in [-0.25, -0.2) is 4.98 Å². The Hall–Kier alpha value is -1.09. The van der Waals surface area contributed by atoms with E-state index < -0.39 is 0 Å². The second-order valence-electron chi connectivity index (χ2n) is 6.24. The number of nitrogens with one attached hydrogen (secondary N) is 1. The second-order valence-corrected chi connectivity index (χ2v) is 6.24. The molecule has 0 amide bonds. The first kappa shape index (κ1) is 16.0. The topological polar surface area (TPSA) is 28.2 Å². The molecule has 108 valence electrons. The van der Waals surface area contributed by atoms with Crippen LogP contribution in [0, 0.1) is 6.92 Å². The molecule has 1 aromatic rings. The predicted octanol–water partition coefficient (Wildman–Crippen LogP) is 3.51. The number of hydrogen-bond acceptors (Lipinski definition) is 3. The molecule has 0 aliphatic rings. The summed E-state index contributed by atoms with van der Waals surface area (Å²) >= 11 is 0. The summed E-state index contributed by atoms with van der Waals surface area (Å²) < 4.78 is 0. The summed E-state index contributed by atoms with van der Waals surface area (Å²) in [6.45, 7) is 14.1. The van der Waals surface area contributed by atoms with Crippen molar-refractivity contribution in [2.75, 3.05) is 11.9 Å². The molecule has 1 N–H and O–H groups in total. The van der Waals surface area contributed by atoms with E-state index in [9.17, 15) is 0 Å². The van der Waals surface area contributed by atoms with Gasteiger partial charge in [0.15, 0.2) is 0 Å². The summed E-state index contributed by atoms with van der Waals surface area (Å²) in [7, 11) is 2.13. The van der Waals surface area contributed by atoms with E-state index in [1.807, 2.05) is 6.20 Å². The summed E-state index contributed by atoms with van der Waals surface area (Å²) in [5, 5.41) is 3.43. The van der Waals surface area contributed by atoms with Gasteiger partial charge in [0.1, 0.15) is 5.82 Å². The van der Waals surface area contributed by atoms with Crippen LogP contribution in [0.1, 0.15) is 52.2 Å². The van der Waals surface area contributed by atoms with Crippen molar-refractivity contribution in [3.05, 3.63) is 23.4 Å². The highest BCUT2D eigenvalue weighted by molar-refractivity contribution is 5.48. The first-order chi connectivity index (χ1) is 8.77. The molecule has 0 bridgehead atoms. The fourth-order valence-corrected chi connectivity index (χ4v) is 1.92. The van der Waals surface area contributed by atoms with E-state index in [2.05, 4.69) is 69.9 Å². The zero-order chi connectivity index (χ0) is 14.6. The van der Waals surface area contributed by atoms with Crippen LogP contribution in [0.25, 0.3) is 0 Å². The highest BCUT2D eigenvalue weighted by Gasteiger charge is 2.23. The van der Waals surface area contributed by atoms with Crippen LogP contribution in [-0.4, -0.2) is 23.6 Å².